The van der Waals surface area contributed by atoms with E-state index in [-0.39, 0.29) is 23.1 Å². The Labute approximate surface area is 135 Å². The van der Waals surface area contributed by atoms with E-state index in [0.717, 1.165) is 5.69 Å². The van der Waals surface area contributed by atoms with Gasteiger partial charge in [-0.1, -0.05) is 0 Å². The number of amides is 1. The first-order chi connectivity index (χ1) is 11.0. The first-order valence-electron chi connectivity index (χ1n) is 7.48. The summed E-state index contributed by atoms with van der Waals surface area (Å²) in [5, 5.41) is 0. The second-order valence-electron chi connectivity index (χ2n) is 5.77. The number of carbonyl (C=O) groups is 1. The monoisotopic (exact) mass is 333 g/mol. The van der Waals surface area contributed by atoms with Crippen molar-refractivity contribution in [3.8, 4) is 5.69 Å². The van der Waals surface area contributed by atoms with E-state index in [1.54, 1.807) is 24.3 Å². The Morgan fingerprint density at radius 3 is 2.43 bits per heavy atom. The van der Waals surface area contributed by atoms with Crippen molar-refractivity contribution in [1.29, 1.82) is 0 Å². The van der Waals surface area contributed by atoms with Crippen molar-refractivity contribution in [1.82, 2.24) is 8.87 Å². The molecule has 1 aromatic carbocycles. The molecule has 3 rings (SSSR count). The molecule has 0 bridgehead atoms. The van der Waals surface area contributed by atoms with Crippen LogP contribution in [0, 0.1) is 5.92 Å². The highest BCUT2D eigenvalue weighted by Gasteiger charge is 2.33. The lowest BCUT2D eigenvalue weighted by Gasteiger charge is -2.16. The van der Waals surface area contributed by atoms with Gasteiger partial charge in [0.2, 0.25) is 15.9 Å². The largest absolute Gasteiger partial charge is 0.370 e. The Balaban J connectivity index is 1.76. The Bertz CT molecular complexity index is 782. The number of primary amides is 1. The second kappa shape index (κ2) is 6.17. The molecule has 0 radical (unpaired) electrons. The van der Waals surface area contributed by atoms with E-state index in [1.165, 1.54) is 4.31 Å². The summed E-state index contributed by atoms with van der Waals surface area (Å²) in [6, 6.07) is 10.6. The number of sulfonamides is 1. The molecule has 1 unspecified atom stereocenters. The van der Waals surface area contributed by atoms with Crippen molar-refractivity contribution in [3.05, 3.63) is 48.8 Å². The Morgan fingerprint density at radius 2 is 1.83 bits per heavy atom. The lowest BCUT2D eigenvalue weighted by Crippen LogP contribution is -2.29. The molecule has 2 N–H and O–H groups in total. The van der Waals surface area contributed by atoms with Crippen LogP contribution in [0.1, 0.15) is 12.8 Å². The standard InChI is InChI=1S/C16H19N3O3S/c17-16(20)11-13-7-10-19(12-13)23(21,22)15-5-3-14(4-6-15)18-8-1-2-9-18/h1-6,8-9,13H,7,10-12H2,(H2,17,20). The van der Waals surface area contributed by atoms with Crippen LogP contribution in [0.3, 0.4) is 0 Å². The van der Waals surface area contributed by atoms with Gasteiger partial charge in [-0.2, -0.15) is 4.31 Å². The number of aromatic nitrogens is 1. The molecule has 0 spiro atoms. The first-order valence-corrected chi connectivity index (χ1v) is 8.93. The molecule has 122 valence electrons. The molecule has 2 aromatic rings. The summed E-state index contributed by atoms with van der Waals surface area (Å²) in [6.45, 7) is 0.782. The summed E-state index contributed by atoms with van der Waals surface area (Å²) < 4.78 is 28.7. The zero-order chi connectivity index (χ0) is 16.4. The molecular weight excluding hydrogens is 314 g/mol. The van der Waals surface area contributed by atoms with Crippen LogP contribution >= 0.6 is 0 Å². The molecule has 2 heterocycles. The van der Waals surface area contributed by atoms with E-state index < -0.39 is 10.0 Å². The van der Waals surface area contributed by atoms with Gasteiger partial charge in [-0.05, 0) is 48.7 Å². The Kier molecular flexibility index (Phi) is 4.23. The summed E-state index contributed by atoms with van der Waals surface area (Å²) in [5.41, 5.74) is 6.10. The molecule has 7 heteroatoms. The van der Waals surface area contributed by atoms with E-state index in [9.17, 15) is 13.2 Å². The summed E-state index contributed by atoms with van der Waals surface area (Å²) in [7, 11) is -3.52. The number of rotatable bonds is 5. The third-order valence-electron chi connectivity index (χ3n) is 4.12. The lowest BCUT2D eigenvalue weighted by molar-refractivity contribution is -0.118. The van der Waals surface area contributed by atoms with Gasteiger partial charge >= 0.3 is 0 Å². The van der Waals surface area contributed by atoms with Crippen molar-refractivity contribution < 1.29 is 13.2 Å². The van der Waals surface area contributed by atoms with E-state index in [4.69, 9.17) is 5.73 Å². The highest BCUT2D eigenvalue weighted by Crippen LogP contribution is 2.26. The molecule has 0 aliphatic carbocycles. The molecule has 1 saturated heterocycles. The first kappa shape index (κ1) is 15.8. The van der Waals surface area contributed by atoms with Gasteiger partial charge in [0.25, 0.3) is 0 Å². The van der Waals surface area contributed by atoms with Crippen LogP contribution in [0.5, 0.6) is 0 Å². The minimum atomic E-state index is -3.52. The summed E-state index contributed by atoms with van der Waals surface area (Å²) >= 11 is 0. The van der Waals surface area contributed by atoms with Gasteiger partial charge in [-0.3, -0.25) is 4.79 Å². The number of nitrogens with zero attached hydrogens (tertiary/aromatic N) is 2. The van der Waals surface area contributed by atoms with E-state index >= 15 is 0 Å². The van der Waals surface area contributed by atoms with Crippen LogP contribution in [-0.4, -0.2) is 36.3 Å². The topological polar surface area (TPSA) is 85.4 Å². The molecular formula is C16H19N3O3S. The fourth-order valence-electron chi connectivity index (χ4n) is 2.91. The van der Waals surface area contributed by atoms with Gasteiger partial charge in [-0.25, -0.2) is 8.42 Å². The van der Waals surface area contributed by atoms with Gasteiger partial charge in [-0.15, -0.1) is 0 Å². The predicted octanol–water partition coefficient (Wildman–Crippen LogP) is 1.36. The molecule has 1 fully saturated rings. The van der Waals surface area contributed by atoms with Crippen molar-refractivity contribution in [2.24, 2.45) is 11.7 Å². The van der Waals surface area contributed by atoms with Crippen molar-refractivity contribution >= 4 is 15.9 Å². The number of nitrogens with two attached hydrogens (primary N) is 1. The third-order valence-corrected chi connectivity index (χ3v) is 5.99. The van der Waals surface area contributed by atoms with Gasteiger partial charge in [0.1, 0.15) is 0 Å². The maximum absolute atomic E-state index is 12.7. The number of hydrogen-bond acceptors (Lipinski definition) is 3. The fraction of sp³-hybridized carbons (Fsp3) is 0.312. The lowest BCUT2D eigenvalue weighted by atomic mass is 10.1. The smallest absolute Gasteiger partial charge is 0.243 e. The summed E-state index contributed by atoms with van der Waals surface area (Å²) in [4.78, 5) is 11.3. The molecule has 1 atom stereocenters. The maximum Gasteiger partial charge on any atom is 0.243 e. The minimum absolute atomic E-state index is 0.0152. The molecule has 1 amide bonds. The van der Waals surface area contributed by atoms with Gasteiger partial charge in [0.15, 0.2) is 0 Å². The van der Waals surface area contributed by atoms with Crippen LogP contribution < -0.4 is 5.73 Å². The van der Waals surface area contributed by atoms with E-state index in [1.807, 2.05) is 29.1 Å². The second-order valence-corrected chi connectivity index (χ2v) is 7.71. The number of carbonyl (C=O) groups excluding carboxylic acids is 1. The van der Waals surface area contributed by atoms with Gasteiger partial charge in [0, 0.05) is 37.6 Å². The summed E-state index contributed by atoms with van der Waals surface area (Å²) in [6.07, 6.45) is 4.71. The van der Waals surface area contributed by atoms with Crippen molar-refractivity contribution in [3.63, 3.8) is 0 Å². The quantitative estimate of drug-likeness (QED) is 0.896. The molecule has 23 heavy (non-hydrogen) atoms. The third kappa shape index (κ3) is 3.30. The van der Waals surface area contributed by atoms with Crippen LogP contribution in [0.25, 0.3) is 5.69 Å². The van der Waals surface area contributed by atoms with Crippen molar-refractivity contribution in [2.45, 2.75) is 17.7 Å². The van der Waals surface area contributed by atoms with E-state index in [0.29, 0.717) is 19.5 Å². The molecule has 1 aliphatic rings. The fourth-order valence-corrected chi connectivity index (χ4v) is 4.44. The number of hydrogen-bond donors (Lipinski definition) is 1. The van der Waals surface area contributed by atoms with Gasteiger partial charge < -0.3 is 10.3 Å². The average Bonchev–Trinajstić information content (AvgIpc) is 3.18. The highest BCUT2D eigenvalue weighted by atomic mass is 32.2. The average molecular weight is 333 g/mol. The van der Waals surface area contributed by atoms with Crippen LogP contribution in [-0.2, 0) is 14.8 Å². The molecule has 6 nitrogen and oxygen atoms in total. The SMILES string of the molecule is NC(=O)CC1CCN(S(=O)(=O)c2ccc(-n3cccc3)cc2)C1. The Morgan fingerprint density at radius 1 is 1.17 bits per heavy atom. The molecule has 0 saturated carbocycles. The number of benzene rings is 1. The zero-order valence-electron chi connectivity index (χ0n) is 12.6. The van der Waals surface area contributed by atoms with E-state index in [2.05, 4.69) is 0 Å². The minimum Gasteiger partial charge on any atom is -0.370 e. The molecule has 1 aliphatic heterocycles. The van der Waals surface area contributed by atoms with Crippen LogP contribution in [0.15, 0.2) is 53.7 Å². The van der Waals surface area contributed by atoms with Crippen LogP contribution in [0.4, 0.5) is 0 Å². The maximum atomic E-state index is 12.7. The van der Waals surface area contributed by atoms with Crippen molar-refractivity contribution in [2.75, 3.05) is 13.1 Å². The predicted molar refractivity (Wildman–Crippen MR) is 86.4 cm³/mol. The molecule has 1 aromatic heterocycles. The van der Waals surface area contributed by atoms with Gasteiger partial charge in [0.05, 0.1) is 4.90 Å². The normalized spacial score (nSPS) is 19.0. The zero-order valence-corrected chi connectivity index (χ0v) is 13.4. The van der Waals surface area contributed by atoms with Crippen LogP contribution in [0.2, 0.25) is 0 Å². The highest BCUT2D eigenvalue weighted by molar-refractivity contribution is 7.89. The Hall–Kier alpha value is -2.12. The summed E-state index contributed by atoms with van der Waals surface area (Å²) in [5.74, 6) is -0.369.